The zero-order chi connectivity index (χ0) is 10.4. The maximum atomic E-state index is 13.1. The van der Waals surface area contributed by atoms with Crippen LogP contribution in [-0.2, 0) is 4.74 Å². The van der Waals surface area contributed by atoms with Gasteiger partial charge in [-0.05, 0) is 19.1 Å². The maximum absolute atomic E-state index is 13.1. The molecule has 0 atom stereocenters. The third-order valence-electron chi connectivity index (χ3n) is 1.65. The van der Waals surface area contributed by atoms with E-state index in [1.54, 1.807) is 6.07 Å². The van der Waals surface area contributed by atoms with Gasteiger partial charge in [-0.2, -0.15) is 0 Å². The van der Waals surface area contributed by atoms with Crippen molar-refractivity contribution in [2.75, 3.05) is 25.6 Å². The van der Waals surface area contributed by atoms with Gasteiger partial charge in [-0.1, -0.05) is 0 Å². The van der Waals surface area contributed by atoms with Gasteiger partial charge in [0.15, 0.2) is 11.6 Å². The molecule has 3 nitrogen and oxygen atoms in total. The summed E-state index contributed by atoms with van der Waals surface area (Å²) in [5, 5.41) is 0. The first-order valence-electron chi connectivity index (χ1n) is 4.49. The van der Waals surface area contributed by atoms with Gasteiger partial charge in [-0.25, -0.2) is 4.39 Å². The zero-order valence-electron chi connectivity index (χ0n) is 8.13. The van der Waals surface area contributed by atoms with Crippen LogP contribution in [0.5, 0.6) is 5.75 Å². The monoisotopic (exact) mass is 199 g/mol. The van der Waals surface area contributed by atoms with Crippen LogP contribution in [0.2, 0.25) is 0 Å². The smallest absolute Gasteiger partial charge is 0.167 e. The van der Waals surface area contributed by atoms with Crippen molar-refractivity contribution in [2.45, 2.75) is 6.92 Å². The van der Waals surface area contributed by atoms with Crippen LogP contribution in [0.15, 0.2) is 18.2 Å². The fourth-order valence-electron chi connectivity index (χ4n) is 0.989. The molecule has 1 aromatic rings. The molecule has 0 bridgehead atoms. The molecule has 0 saturated heterocycles. The molecule has 14 heavy (non-hydrogen) atoms. The normalized spacial score (nSPS) is 10.1. The Morgan fingerprint density at radius 3 is 2.79 bits per heavy atom. The Morgan fingerprint density at radius 2 is 2.14 bits per heavy atom. The Morgan fingerprint density at radius 1 is 1.36 bits per heavy atom. The van der Waals surface area contributed by atoms with Crippen LogP contribution in [0.1, 0.15) is 6.92 Å². The van der Waals surface area contributed by atoms with Gasteiger partial charge < -0.3 is 15.2 Å². The third-order valence-corrected chi connectivity index (χ3v) is 1.65. The second kappa shape index (κ2) is 5.44. The lowest BCUT2D eigenvalue weighted by atomic mass is 10.3. The molecular weight excluding hydrogens is 185 g/mol. The predicted octanol–water partition coefficient (Wildman–Crippen LogP) is 1.82. The highest BCUT2D eigenvalue weighted by Crippen LogP contribution is 2.18. The molecular formula is C10H14FNO2. The highest BCUT2D eigenvalue weighted by Gasteiger charge is 2.02. The summed E-state index contributed by atoms with van der Waals surface area (Å²) in [5.41, 5.74) is 5.77. The van der Waals surface area contributed by atoms with Gasteiger partial charge in [0.05, 0.1) is 6.61 Å². The average molecular weight is 199 g/mol. The van der Waals surface area contributed by atoms with E-state index in [4.69, 9.17) is 15.2 Å². The van der Waals surface area contributed by atoms with Gasteiger partial charge in [0.1, 0.15) is 6.61 Å². The minimum absolute atomic E-state index is 0.207. The van der Waals surface area contributed by atoms with E-state index in [9.17, 15) is 4.39 Å². The second-order valence-electron chi connectivity index (χ2n) is 2.74. The van der Waals surface area contributed by atoms with E-state index in [0.29, 0.717) is 25.5 Å². The summed E-state index contributed by atoms with van der Waals surface area (Å²) in [4.78, 5) is 0. The predicted molar refractivity (Wildman–Crippen MR) is 52.8 cm³/mol. The van der Waals surface area contributed by atoms with Gasteiger partial charge in [0.25, 0.3) is 0 Å². The van der Waals surface area contributed by atoms with E-state index < -0.39 is 5.82 Å². The minimum Gasteiger partial charge on any atom is -0.488 e. The SMILES string of the molecule is CCOCCOc1ccc(N)cc1F. The number of halogens is 1. The van der Waals surface area contributed by atoms with Gasteiger partial charge in [-0.3, -0.25) is 0 Å². The Balaban J connectivity index is 2.42. The van der Waals surface area contributed by atoms with Crippen molar-refractivity contribution in [1.82, 2.24) is 0 Å². The van der Waals surface area contributed by atoms with Crippen molar-refractivity contribution >= 4 is 5.69 Å². The number of ether oxygens (including phenoxy) is 2. The lowest BCUT2D eigenvalue weighted by molar-refractivity contribution is 0.108. The highest BCUT2D eigenvalue weighted by molar-refractivity contribution is 5.42. The summed E-state index contributed by atoms with van der Waals surface area (Å²) in [6.07, 6.45) is 0. The summed E-state index contributed by atoms with van der Waals surface area (Å²) in [7, 11) is 0. The molecule has 1 aromatic carbocycles. The fraction of sp³-hybridized carbons (Fsp3) is 0.400. The molecule has 0 saturated carbocycles. The van der Waals surface area contributed by atoms with Crippen molar-refractivity contribution in [3.63, 3.8) is 0 Å². The molecule has 0 heterocycles. The Bertz CT molecular complexity index is 291. The summed E-state index contributed by atoms with van der Waals surface area (Å²) < 4.78 is 23.3. The molecule has 0 fully saturated rings. The highest BCUT2D eigenvalue weighted by atomic mass is 19.1. The Kier molecular flexibility index (Phi) is 4.19. The molecule has 0 amide bonds. The molecule has 0 aliphatic heterocycles. The van der Waals surface area contributed by atoms with Crippen LogP contribution in [0, 0.1) is 5.82 Å². The summed E-state index contributed by atoms with van der Waals surface area (Å²) in [6, 6.07) is 4.34. The first-order valence-corrected chi connectivity index (χ1v) is 4.49. The van der Waals surface area contributed by atoms with Crippen molar-refractivity contribution in [3.05, 3.63) is 24.0 Å². The third kappa shape index (κ3) is 3.22. The van der Waals surface area contributed by atoms with E-state index >= 15 is 0 Å². The lowest BCUT2D eigenvalue weighted by Crippen LogP contribution is -2.07. The minimum atomic E-state index is -0.443. The molecule has 1 rings (SSSR count). The van der Waals surface area contributed by atoms with Gasteiger partial charge in [-0.15, -0.1) is 0 Å². The number of rotatable bonds is 5. The lowest BCUT2D eigenvalue weighted by Gasteiger charge is -2.07. The van der Waals surface area contributed by atoms with E-state index in [-0.39, 0.29) is 5.75 Å². The van der Waals surface area contributed by atoms with Gasteiger partial charge in [0, 0.05) is 18.4 Å². The molecule has 0 aliphatic carbocycles. The zero-order valence-corrected chi connectivity index (χ0v) is 8.13. The van der Waals surface area contributed by atoms with Crippen molar-refractivity contribution in [3.8, 4) is 5.75 Å². The largest absolute Gasteiger partial charge is 0.488 e. The number of hydrogen-bond acceptors (Lipinski definition) is 3. The van der Waals surface area contributed by atoms with Gasteiger partial charge in [0.2, 0.25) is 0 Å². The van der Waals surface area contributed by atoms with Crippen LogP contribution in [0.4, 0.5) is 10.1 Å². The number of nitrogens with two attached hydrogens (primary N) is 1. The summed E-state index contributed by atoms with van der Waals surface area (Å²) in [5.74, 6) is -0.236. The molecule has 4 heteroatoms. The number of nitrogen functional groups attached to an aromatic ring is 1. The van der Waals surface area contributed by atoms with Crippen LogP contribution < -0.4 is 10.5 Å². The second-order valence-corrected chi connectivity index (χ2v) is 2.74. The first kappa shape index (κ1) is 10.8. The van der Waals surface area contributed by atoms with E-state index in [1.165, 1.54) is 12.1 Å². The molecule has 0 aliphatic rings. The van der Waals surface area contributed by atoms with Crippen LogP contribution in [0.25, 0.3) is 0 Å². The van der Waals surface area contributed by atoms with Gasteiger partial charge >= 0.3 is 0 Å². The molecule has 0 unspecified atom stereocenters. The molecule has 78 valence electrons. The molecule has 0 spiro atoms. The molecule has 2 N–H and O–H groups in total. The summed E-state index contributed by atoms with van der Waals surface area (Å²) >= 11 is 0. The van der Waals surface area contributed by atoms with E-state index in [2.05, 4.69) is 0 Å². The van der Waals surface area contributed by atoms with Crippen LogP contribution >= 0.6 is 0 Å². The van der Waals surface area contributed by atoms with Crippen molar-refractivity contribution in [2.24, 2.45) is 0 Å². The van der Waals surface area contributed by atoms with E-state index in [0.717, 1.165) is 0 Å². The molecule has 0 radical (unpaired) electrons. The van der Waals surface area contributed by atoms with E-state index in [1.807, 2.05) is 6.92 Å². The maximum Gasteiger partial charge on any atom is 0.167 e. The molecule has 0 aromatic heterocycles. The average Bonchev–Trinajstić information content (AvgIpc) is 2.15. The topological polar surface area (TPSA) is 44.5 Å². The first-order chi connectivity index (χ1) is 6.74. The summed E-state index contributed by atoms with van der Waals surface area (Å²) in [6.45, 7) is 3.33. The number of anilines is 1. The van der Waals surface area contributed by atoms with Crippen LogP contribution in [0.3, 0.4) is 0 Å². The fourth-order valence-corrected chi connectivity index (χ4v) is 0.989. The van der Waals surface area contributed by atoms with Crippen LogP contribution in [-0.4, -0.2) is 19.8 Å². The number of benzene rings is 1. The van der Waals surface area contributed by atoms with Crippen molar-refractivity contribution < 1.29 is 13.9 Å². The Labute approximate surface area is 82.6 Å². The standard InChI is InChI=1S/C10H14FNO2/c1-2-13-5-6-14-10-4-3-8(12)7-9(10)11/h3-4,7H,2,5-6,12H2,1H3. The quantitative estimate of drug-likeness (QED) is 0.581. The Hall–Kier alpha value is -1.29. The van der Waals surface area contributed by atoms with Crippen molar-refractivity contribution in [1.29, 1.82) is 0 Å². The number of hydrogen-bond donors (Lipinski definition) is 1.